The van der Waals surface area contributed by atoms with Gasteiger partial charge in [-0.1, -0.05) is 35.9 Å². The van der Waals surface area contributed by atoms with Crippen molar-refractivity contribution in [1.29, 1.82) is 0 Å². The summed E-state index contributed by atoms with van der Waals surface area (Å²) in [4.78, 5) is 24.3. The Morgan fingerprint density at radius 2 is 1.92 bits per heavy atom. The fraction of sp³-hybridized carbons (Fsp3) is 0.263. The minimum atomic E-state index is -0.930. The van der Waals surface area contributed by atoms with Gasteiger partial charge in [0.2, 0.25) is 0 Å². The molecular formula is C19H20ClNO4. The first kappa shape index (κ1) is 18.8. The summed E-state index contributed by atoms with van der Waals surface area (Å²) in [5.74, 6) is -0.320. The Kier molecular flexibility index (Phi) is 6.42. The van der Waals surface area contributed by atoms with Crippen LogP contribution in [0.25, 0.3) is 0 Å². The number of halogens is 1. The number of hydrogen-bond acceptors (Lipinski definition) is 4. The van der Waals surface area contributed by atoms with Gasteiger partial charge in [-0.25, -0.2) is 0 Å². The van der Waals surface area contributed by atoms with Crippen molar-refractivity contribution in [3.05, 3.63) is 58.6 Å². The van der Waals surface area contributed by atoms with Crippen molar-refractivity contribution in [2.45, 2.75) is 26.4 Å². The zero-order valence-corrected chi connectivity index (χ0v) is 15.1. The molecule has 0 aliphatic rings. The van der Waals surface area contributed by atoms with Gasteiger partial charge in [0.05, 0.1) is 13.5 Å². The molecule has 0 saturated carbocycles. The van der Waals surface area contributed by atoms with Crippen LogP contribution in [-0.2, 0) is 20.7 Å². The van der Waals surface area contributed by atoms with Crippen LogP contribution < -0.4 is 10.1 Å². The van der Waals surface area contributed by atoms with E-state index in [0.29, 0.717) is 22.0 Å². The third-order valence-corrected chi connectivity index (χ3v) is 3.90. The summed E-state index contributed by atoms with van der Waals surface area (Å²) in [6.07, 6.45) is -0.904. The maximum atomic E-state index is 12.2. The first-order valence-corrected chi connectivity index (χ1v) is 8.17. The zero-order valence-electron chi connectivity index (χ0n) is 14.3. The molecule has 1 atom stereocenters. The Hall–Kier alpha value is -2.53. The van der Waals surface area contributed by atoms with E-state index in [9.17, 15) is 9.59 Å². The number of carbonyl (C=O) groups is 2. The van der Waals surface area contributed by atoms with Crippen LogP contribution in [0.2, 0.25) is 5.02 Å². The number of rotatable bonds is 6. The average Bonchev–Trinajstić information content (AvgIpc) is 2.58. The molecule has 1 N–H and O–H groups in total. The molecule has 0 aliphatic carbocycles. The summed E-state index contributed by atoms with van der Waals surface area (Å²) in [7, 11) is 1.54. The summed E-state index contributed by atoms with van der Waals surface area (Å²) in [5.41, 5.74) is 2.16. The minimum Gasteiger partial charge on any atom is -0.496 e. The molecule has 0 unspecified atom stereocenters. The molecule has 0 fully saturated rings. The van der Waals surface area contributed by atoms with E-state index in [1.54, 1.807) is 30.3 Å². The number of aryl methyl sites for hydroxylation is 1. The highest BCUT2D eigenvalue weighted by Gasteiger charge is 2.19. The Morgan fingerprint density at radius 3 is 2.64 bits per heavy atom. The second-order valence-corrected chi connectivity index (χ2v) is 6.01. The number of para-hydroxylation sites is 1. The number of ether oxygens (including phenoxy) is 2. The first-order chi connectivity index (χ1) is 11.9. The topological polar surface area (TPSA) is 64.6 Å². The van der Waals surface area contributed by atoms with Gasteiger partial charge < -0.3 is 14.8 Å². The van der Waals surface area contributed by atoms with E-state index >= 15 is 0 Å². The van der Waals surface area contributed by atoms with Crippen molar-refractivity contribution in [2.75, 3.05) is 12.4 Å². The lowest BCUT2D eigenvalue weighted by atomic mass is 10.1. The number of benzene rings is 2. The number of amides is 1. The van der Waals surface area contributed by atoms with E-state index in [0.717, 1.165) is 5.56 Å². The summed E-state index contributed by atoms with van der Waals surface area (Å²) in [5, 5.41) is 3.23. The molecule has 25 heavy (non-hydrogen) atoms. The highest BCUT2D eigenvalue weighted by Crippen LogP contribution is 2.21. The van der Waals surface area contributed by atoms with Crippen molar-refractivity contribution in [3.63, 3.8) is 0 Å². The third-order valence-electron chi connectivity index (χ3n) is 3.66. The Balaban J connectivity index is 1.96. The highest BCUT2D eigenvalue weighted by molar-refractivity contribution is 6.31. The van der Waals surface area contributed by atoms with Crippen LogP contribution in [0.5, 0.6) is 5.75 Å². The van der Waals surface area contributed by atoms with Gasteiger partial charge in [-0.05, 0) is 37.6 Å². The van der Waals surface area contributed by atoms with Crippen molar-refractivity contribution in [2.24, 2.45) is 0 Å². The summed E-state index contributed by atoms with van der Waals surface area (Å²) in [6.45, 7) is 3.37. The molecule has 0 radical (unpaired) electrons. The largest absolute Gasteiger partial charge is 0.496 e. The summed E-state index contributed by atoms with van der Waals surface area (Å²) < 4.78 is 10.4. The number of nitrogens with one attached hydrogen (secondary N) is 1. The summed E-state index contributed by atoms with van der Waals surface area (Å²) >= 11 is 5.93. The lowest BCUT2D eigenvalue weighted by Gasteiger charge is -2.15. The molecule has 0 spiro atoms. The van der Waals surface area contributed by atoms with E-state index in [1.165, 1.54) is 14.0 Å². The van der Waals surface area contributed by atoms with E-state index in [1.807, 2.05) is 19.1 Å². The standard InChI is InChI=1S/C19H20ClNO4/c1-12-8-9-15(20)11-16(12)21-19(23)13(2)25-18(22)10-14-6-4-5-7-17(14)24-3/h4-9,11,13H,10H2,1-3H3,(H,21,23)/t13-/m0/s1. The molecule has 2 aromatic rings. The van der Waals surface area contributed by atoms with Crippen LogP contribution in [0.1, 0.15) is 18.1 Å². The van der Waals surface area contributed by atoms with E-state index in [2.05, 4.69) is 5.32 Å². The van der Waals surface area contributed by atoms with Crippen LogP contribution in [0.3, 0.4) is 0 Å². The first-order valence-electron chi connectivity index (χ1n) is 7.79. The highest BCUT2D eigenvalue weighted by atomic mass is 35.5. The van der Waals surface area contributed by atoms with E-state index < -0.39 is 18.0 Å². The Bertz CT molecular complexity index is 776. The average molecular weight is 362 g/mol. The van der Waals surface area contributed by atoms with Crippen molar-refractivity contribution < 1.29 is 19.1 Å². The normalized spacial score (nSPS) is 11.5. The fourth-order valence-corrected chi connectivity index (χ4v) is 2.43. The molecule has 5 nitrogen and oxygen atoms in total. The quantitative estimate of drug-likeness (QED) is 0.795. The Morgan fingerprint density at radius 1 is 1.20 bits per heavy atom. The fourth-order valence-electron chi connectivity index (χ4n) is 2.26. The third kappa shape index (κ3) is 5.22. The number of anilines is 1. The van der Waals surface area contributed by atoms with Crippen LogP contribution >= 0.6 is 11.6 Å². The number of esters is 1. The summed E-state index contributed by atoms with van der Waals surface area (Å²) in [6, 6.07) is 12.4. The molecule has 0 saturated heterocycles. The smallest absolute Gasteiger partial charge is 0.311 e. The van der Waals surface area contributed by atoms with Gasteiger partial charge >= 0.3 is 5.97 Å². The maximum Gasteiger partial charge on any atom is 0.311 e. The van der Waals surface area contributed by atoms with E-state index in [-0.39, 0.29) is 6.42 Å². The number of hydrogen-bond donors (Lipinski definition) is 1. The molecule has 132 valence electrons. The van der Waals surface area contributed by atoms with Gasteiger partial charge in [-0.2, -0.15) is 0 Å². The molecule has 2 rings (SSSR count). The van der Waals surface area contributed by atoms with E-state index in [4.69, 9.17) is 21.1 Å². The van der Waals surface area contributed by atoms with Crippen molar-refractivity contribution in [3.8, 4) is 5.75 Å². The second kappa shape index (κ2) is 8.53. The van der Waals surface area contributed by atoms with Crippen LogP contribution in [0.15, 0.2) is 42.5 Å². The van der Waals surface area contributed by atoms with Crippen LogP contribution in [-0.4, -0.2) is 25.1 Å². The molecule has 0 aliphatic heterocycles. The van der Waals surface area contributed by atoms with Crippen molar-refractivity contribution >= 4 is 29.2 Å². The molecule has 1 amide bonds. The van der Waals surface area contributed by atoms with Gasteiger partial charge in [-0.3, -0.25) is 9.59 Å². The predicted octanol–water partition coefficient (Wildman–Crippen LogP) is 3.77. The maximum absolute atomic E-state index is 12.2. The van der Waals surface area contributed by atoms with Gasteiger partial charge in [0.25, 0.3) is 5.91 Å². The van der Waals surface area contributed by atoms with Gasteiger partial charge in [-0.15, -0.1) is 0 Å². The second-order valence-electron chi connectivity index (χ2n) is 5.57. The molecule has 2 aromatic carbocycles. The molecule has 6 heteroatoms. The number of carbonyl (C=O) groups excluding carboxylic acids is 2. The Labute approximate surface area is 151 Å². The molecule has 0 aromatic heterocycles. The monoisotopic (exact) mass is 361 g/mol. The zero-order chi connectivity index (χ0) is 18.4. The number of methoxy groups -OCH3 is 1. The van der Waals surface area contributed by atoms with Gasteiger partial charge in [0.1, 0.15) is 5.75 Å². The lowest BCUT2D eigenvalue weighted by molar-refractivity contribution is -0.152. The van der Waals surface area contributed by atoms with Crippen molar-refractivity contribution in [1.82, 2.24) is 0 Å². The SMILES string of the molecule is COc1ccccc1CC(=O)O[C@@H](C)C(=O)Nc1cc(Cl)ccc1C. The molecular weight excluding hydrogens is 342 g/mol. The molecule has 0 heterocycles. The van der Waals surface area contributed by atoms with Gasteiger partial charge in [0, 0.05) is 16.3 Å². The van der Waals surface area contributed by atoms with Crippen LogP contribution in [0, 0.1) is 6.92 Å². The predicted molar refractivity (Wildman–Crippen MR) is 97.1 cm³/mol. The lowest BCUT2D eigenvalue weighted by Crippen LogP contribution is -2.30. The minimum absolute atomic E-state index is 0.0256. The van der Waals surface area contributed by atoms with Crippen LogP contribution in [0.4, 0.5) is 5.69 Å². The molecule has 0 bridgehead atoms. The van der Waals surface area contributed by atoms with Gasteiger partial charge in [0.15, 0.2) is 6.10 Å².